The fourth-order valence-electron chi connectivity index (χ4n) is 1.88. The first-order valence-electron chi connectivity index (χ1n) is 5.29. The fourth-order valence-corrected chi connectivity index (χ4v) is 1.88. The smallest absolute Gasteiger partial charge is 0.129 e. The van der Waals surface area contributed by atoms with Crippen LogP contribution in [0.1, 0.15) is 11.6 Å². The molecule has 0 amide bonds. The van der Waals surface area contributed by atoms with Gasteiger partial charge in [0.1, 0.15) is 11.9 Å². The van der Waals surface area contributed by atoms with Crippen LogP contribution in [0, 0.1) is 17.1 Å². The van der Waals surface area contributed by atoms with Crippen LogP contribution in [0.5, 0.6) is 0 Å². The van der Waals surface area contributed by atoms with Crippen LogP contribution < -0.4 is 0 Å². The van der Waals surface area contributed by atoms with Gasteiger partial charge in [0.2, 0.25) is 0 Å². The van der Waals surface area contributed by atoms with Crippen molar-refractivity contribution in [1.29, 1.82) is 5.26 Å². The van der Waals surface area contributed by atoms with Crippen molar-refractivity contribution in [2.45, 2.75) is 6.04 Å². The summed E-state index contributed by atoms with van der Waals surface area (Å²) in [6.45, 7) is 2.55. The van der Waals surface area contributed by atoms with E-state index in [4.69, 9.17) is 10.00 Å². The first kappa shape index (κ1) is 11.1. The van der Waals surface area contributed by atoms with Crippen molar-refractivity contribution < 1.29 is 9.13 Å². The largest absolute Gasteiger partial charge is 0.379 e. The Balaban J connectivity index is 2.22. The number of rotatable bonds is 2. The number of hydrogen-bond acceptors (Lipinski definition) is 3. The summed E-state index contributed by atoms with van der Waals surface area (Å²) in [4.78, 5) is 1.95. The van der Waals surface area contributed by atoms with Crippen molar-refractivity contribution in [2.24, 2.45) is 0 Å². The second kappa shape index (κ2) is 5.06. The molecule has 2 rings (SSSR count). The quantitative estimate of drug-likeness (QED) is 0.761. The Morgan fingerprint density at radius 3 is 2.62 bits per heavy atom. The maximum atomic E-state index is 13.6. The summed E-state index contributed by atoms with van der Waals surface area (Å²) >= 11 is 0. The molecule has 16 heavy (non-hydrogen) atoms. The van der Waals surface area contributed by atoms with Gasteiger partial charge in [-0.15, -0.1) is 0 Å². The molecule has 1 aliphatic rings. The molecule has 0 unspecified atom stereocenters. The Morgan fingerprint density at radius 1 is 1.31 bits per heavy atom. The highest BCUT2D eigenvalue weighted by Crippen LogP contribution is 2.23. The number of nitriles is 1. The molecule has 1 atom stereocenters. The minimum absolute atomic E-state index is 0.319. The van der Waals surface area contributed by atoms with Crippen molar-refractivity contribution in [3.63, 3.8) is 0 Å². The van der Waals surface area contributed by atoms with Crippen molar-refractivity contribution in [3.8, 4) is 6.07 Å². The van der Waals surface area contributed by atoms with E-state index in [2.05, 4.69) is 6.07 Å². The van der Waals surface area contributed by atoms with Gasteiger partial charge in [-0.3, -0.25) is 4.90 Å². The van der Waals surface area contributed by atoms with Crippen LogP contribution in [0.15, 0.2) is 24.3 Å². The topological polar surface area (TPSA) is 36.3 Å². The van der Waals surface area contributed by atoms with Gasteiger partial charge in [0.15, 0.2) is 0 Å². The molecule has 0 bridgehead atoms. The van der Waals surface area contributed by atoms with Gasteiger partial charge in [-0.25, -0.2) is 4.39 Å². The number of morpholine rings is 1. The lowest BCUT2D eigenvalue weighted by atomic mass is 10.1. The molecule has 0 aromatic heterocycles. The third-order valence-electron chi connectivity index (χ3n) is 2.73. The van der Waals surface area contributed by atoms with Crippen molar-refractivity contribution in [2.75, 3.05) is 26.3 Å². The third kappa shape index (κ3) is 2.21. The highest BCUT2D eigenvalue weighted by molar-refractivity contribution is 5.26. The SMILES string of the molecule is N#C[C@H](c1ccccc1F)N1CCOCC1. The van der Waals surface area contributed by atoms with Gasteiger partial charge in [-0.1, -0.05) is 18.2 Å². The Bertz CT molecular complexity index is 396. The molecule has 0 aliphatic carbocycles. The monoisotopic (exact) mass is 220 g/mol. The van der Waals surface area contributed by atoms with E-state index < -0.39 is 6.04 Å². The zero-order valence-electron chi connectivity index (χ0n) is 8.90. The summed E-state index contributed by atoms with van der Waals surface area (Å²) < 4.78 is 18.8. The molecule has 0 spiro atoms. The minimum Gasteiger partial charge on any atom is -0.379 e. The van der Waals surface area contributed by atoms with Crippen molar-refractivity contribution in [3.05, 3.63) is 35.6 Å². The van der Waals surface area contributed by atoms with E-state index in [9.17, 15) is 4.39 Å². The average molecular weight is 220 g/mol. The van der Waals surface area contributed by atoms with Crippen LogP contribution in [0.4, 0.5) is 4.39 Å². The lowest BCUT2D eigenvalue weighted by Crippen LogP contribution is -2.38. The van der Waals surface area contributed by atoms with Gasteiger partial charge in [0.25, 0.3) is 0 Å². The zero-order chi connectivity index (χ0) is 11.4. The minimum atomic E-state index is -0.509. The Morgan fingerprint density at radius 2 is 2.00 bits per heavy atom. The van der Waals surface area contributed by atoms with Gasteiger partial charge in [0, 0.05) is 18.7 Å². The first-order chi connectivity index (χ1) is 7.83. The second-order valence-electron chi connectivity index (χ2n) is 3.70. The first-order valence-corrected chi connectivity index (χ1v) is 5.29. The molecule has 0 N–H and O–H groups in total. The number of benzene rings is 1. The number of ether oxygens (including phenoxy) is 1. The van der Waals surface area contributed by atoms with Crippen LogP contribution in [-0.4, -0.2) is 31.2 Å². The third-order valence-corrected chi connectivity index (χ3v) is 2.73. The van der Waals surface area contributed by atoms with Crippen molar-refractivity contribution >= 4 is 0 Å². The Labute approximate surface area is 94.0 Å². The van der Waals surface area contributed by atoms with Gasteiger partial charge < -0.3 is 4.74 Å². The van der Waals surface area contributed by atoms with E-state index in [1.165, 1.54) is 6.07 Å². The van der Waals surface area contributed by atoms with Crippen LogP contribution in [-0.2, 0) is 4.74 Å². The van der Waals surface area contributed by atoms with Crippen molar-refractivity contribution in [1.82, 2.24) is 4.90 Å². The van der Waals surface area contributed by atoms with Crippen LogP contribution >= 0.6 is 0 Å². The number of halogens is 1. The molecular weight excluding hydrogens is 207 g/mol. The number of nitrogens with zero attached hydrogens (tertiary/aromatic N) is 2. The number of hydrogen-bond donors (Lipinski definition) is 0. The van der Waals surface area contributed by atoms with Gasteiger partial charge in [-0.05, 0) is 6.07 Å². The van der Waals surface area contributed by atoms with Crippen LogP contribution in [0.25, 0.3) is 0 Å². The van der Waals surface area contributed by atoms with Gasteiger partial charge in [-0.2, -0.15) is 5.26 Å². The molecule has 1 aliphatic heterocycles. The van der Waals surface area contributed by atoms with E-state index in [0.717, 1.165) is 0 Å². The zero-order valence-corrected chi connectivity index (χ0v) is 8.90. The van der Waals surface area contributed by atoms with Gasteiger partial charge in [0.05, 0.1) is 19.3 Å². The van der Waals surface area contributed by atoms with Gasteiger partial charge >= 0.3 is 0 Å². The molecule has 1 aromatic carbocycles. The molecular formula is C12H13FN2O. The molecule has 0 saturated carbocycles. The molecule has 84 valence electrons. The maximum Gasteiger partial charge on any atom is 0.129 e. The Hall–Kier alpha value is -1.44. The van der Waals surface area contributed by atoms with E-state index in [1.807, 2.05) is 4.90 Å². The molecule has 1 aromatic rings. The predicted molar refractivity (Wildman–Crippen MR) is 57.1 cm³/mol. The van der Waals surface area contributed by atoms with E-state index in [-0.39, 0.29) is 5.82 Å². The Kier molecular flexibility index (Phi) is 3.50. The summed E-state index contributed by atoms with van der Waals surface area (Å²) in [6.07, 6.45) is 0. The molecule has 1 heterocycles. The summed E-state index contributed by atoms with van der Waals surface area (Å²) in [5.41, 5.74) is 0.451. The molecule has 0 radical (unpaired) electrons. The fraction of sp³-hybridized carbons (Fsp3) is 0.417. The summed E-state index contributed by atoms with van der Waals surface area (Å²) in [7, 11) is 0. The lowest BCUT2D eigenvalue weighted by Gasteiger charge is -2.30. The highest BCUT2D eigenvalue weighted by atomic mass is 19.1. The van der Waals surface area contributed by atoms with E-state index >= 15 is 0 Å². The van der Waals surface area contributed by atoms with E-state index in [0.29, 0.717) is 31.9 Å². The van der Waals surface area contributed by atoms with Crippen LogP contribution in [0.3, 0.4) is 0 Å². The van der Waals surface area contributed by atoms with Crippen LogP contribution in [0.2, 0.25) is 0 Å². The highest BCUT2D eigenvalue weighted by Gasteiger charge is 2.24. The normalized spacial score (nSPS) is 19.0. The summed E-state index contributed by atoms with van der Waals surface area (Å²) in [5, 5.41) is 9.16. The second-order valence-corrected chi connectivity index (χ2v) is 3.70. The maximum absolute atomic E-state index is 13.6. The standard InChI is InChI=1S/C12H13FN2O/c13-11-4-2-1-3-10(11)12(9-14)15-5-7-16-8-6-15/h1-4,12H,5-8H2/t12-/m1/s1. The molecule has 1 fully saturated rings. The summed E-state index contributed by atoms with van der Waals surface area (Å²) in [6, 6.07) is 8.09. The lowest BCUT2D eigenvalue weighted by molar-refractivity contribution is 0.0261. The van der Waals surface area contributed by atoms with E-state index in [1.54, 1.807) is 18.2 Å². The molecule has 4 heteroatoms. The summed E-state index contributed by atoms with van der Waals surface area (Å²) in [5.74, 6) is -0.319. The average Bonchev–Trinajstić information content (AvgIpc) is 2.34. The molecule has 1 saturated heterocycles. The predicted octanol–water partition coefficient (Wildman–Crippen LogP) is 1.72. The molecule has 3 nitrogen and oxygen atoms in total.